The highest BCUT2D eigenvalue weighted by atomic mass is 16.5. The second-order valence-corrected chi connectivity index (χ2v) is 6.74. The Kier molecular flexibility index (Phi) is 5.44. The molecule has 3 amide bonds. The van der Waals surface area contributed by atoms with Crippen molar-refractivity contribution in [2.24, 2.45) is 5.92 Å². The maximum Gasteiger partial charge on any atom is 0.325 e. The van der Waals surface area contributed by atoms with Gasteiger partial charge in [0.1, 0.15) is 17.5 Å². The molecule has 1 heterocycles. The summed E-state index contributed by atoms with van der Waals surface area (Å²) in [6.45, 7) is -0.295. The molecule has 1 aliphatic carbocycles. The van der Waals surface area contributed by atoms with E-state index in [9.17, 15) is 14.4 Å². The van der Waals surface area contributed by atoms with Gasteiger partial charge in [-0.25, -0.2) is 4.79 Å². The number of amides is 3. The van der Waals surface area contributed by atoms with Crippen molar-refractivity contribution in [3.8, 4) is 11.5 Å². The summed E-state index contributed by atoms with van der Waals surface area (Å²) in [7, 11) is 2.98. The molecule has 1 N–H and O–H groups in total. The minimum absolute atomic E-state index is 0.163. The van der Waals surface area contributed by atoms with E-state index < -0.39 is 12.1 Å². The van der Waals surface area contributed by atoms with E-state index >= 15 is 0 Å². The van der Waals surface area contributed by atoms with Crippen molar-refractivity contribution < 1.29 is 23.9 Å². The van der Waals surface area contributed by atoms with Crippen LogP contribution in [0.1, 0.15) is 42.5 Å². The van der Waals surface area contributed by atoms with Crippen molar-refractivity contribution in [1.82, 2.24) is 10.2 Å². The Morgan fingerprint density at radius 1 is 1.15 bits per heavy atom. The van der Waals surface area contributed by atoms with Crippen LogP contribution in [0.15, 0.2) is 18.2 Å². The quantitative estimate of drug-likeness (QED) is 0.622. The molecule has 1 aromatic carbocycles. The number of nitrogens with zero attached hydrogens (tertiary/aromatic N) is 1. The second kappa shape index (κ2) is 7.76. The summed E-state index contributed by atoms with van der Waals surface area (Å²) in [6, 6.07) is 3.83. The van der Waals surface area contributed by atoms with Gasteiger partial charge in [-0.15, -0.1) is 0 Å². The van der Waals surface area contributed by atoms with Gasteiger partial charge in [0.15, 0.2) is 5.78 Å². The Morgan fingerprint density at radius 2 is 1.88 bits per heavy atom. The largest absolute Gasteiger partial charge is 0.497 e. The van der Waals surface area contributed by atoms with Crippen LogP contribution in [0.3, 0.4) is 0 Å². The lowest BCUT2D eigenvalue weighted by Crippen LogP contribution is -2.39. The Balaban J connectivity index is 1.73. The third kappa shape index (κ3) is 3.52. The highest BCUT2D eigenvalue weighted by Crippen LogP contribution is 2.30. The molecule has 7 heteroatoms. The minimum Gasteiger partial charge on any atom is -0.497 e. The Bertz CT molecular complexity index is 712. The number of Topliss-reactive ketones (excluding diaryl/α,β-unsaturated/α-hetero) is 1. The van der Waals surface area contributed by atoms with E-state index in [1.165, 1.54) is 20.6 Å². The van der Waals surface area contributed by atoms with Crippen LogP contribution in [0.5, 0.6) is 11.5 Å². The first-order valence-electron chi connectivity index (χ1n) is 8.92. The molecule has 3 rings (SSSR count). The van der Waals surface area contributed by atoms with Crippen molar-refractivity contribution in [2.75, 3.05) is 20.8 Å². The normalized spacial score (nSPS) is 20.8. The van der Waals surface area contributed by atoms with Gasteiger partial charge in [-0.05, 0) is 30.9 Å². The predicted octanol–water partition coefficient (Wildman–Crippen LogP) is 2.39. The number of ether oxygens (including phenoxy) is 2. The zero-order chi connectivity index (χ0) is 18.7. The smallest absolute Gasteiger partial charge is 0.325 e. The first-order valence-corrected chi connectivity index (χ1v) is 8.92. The molecule has 140 valence electrons. The van der Waals surface area contributed by atoms with Crippen LogP contribution < -0.4 is 14.8 Å². The van der Waals surface area contributed by atoms with Gasteiger partial charge >= 0.3 is 6.03 Å². The number of nitrogens with one attached hydrogen (secondary N) is 1. The average molecular weight is 360 g/mol. The fourth-order valence-corrected chi connectivity index (χ4v) is 3.74. The van der Waals surface area contributed by atoms with E-state index in [0.717, 1.165) is 30.6 Å². The highest BCUT2D eigenvalue weighted by Gasteiger charge is 2.43. The van der Waals surface area contributed by atoms with Crippen LogP contribution in [0, 0.1) is 5.92 Å². The number of hydrogen-bond donors (Lipinski definition) is 1. The SMILES string of the molecule is COc1ccc(C(=O)CN2C(=O)N[C@H](C3CCCCC3)C2=O)c(OC)c1. The molecule has 1 aliphatic heterocycles. The minimum atomic E-state index is -0.506. The van der Waals surface area contributed by atoms with E-state index in [-0.39, 0.29) is 24.2 Å². The molecule has 7 nitrogen and oxygen atoms in total. The Labute approximate surface area is 152 Å². The van der Waals surface area contributed by atoms with Crippen LogP contribution in [0.4, 0.5) is 4.79 Å². The van der Waals surface area contributed by atoms with Crippen LogP contribution in [-0.2, 0) is 4.79 Å². The van der Waals surface area contributed by atoms with Gasteiger partial charge in [0.05, 0.1) is 26.3 Å². The molecule has 0 aromatic heterocycles. The molecule has 0 radical (unpaired) electrons. The van der Waals surface area contributed by atoms with Gasteiger partial charge in [0.25, 0.3) is 5.91 Å². The summed E-state index contributed by atoms with van der Waals surface area (Å²) < 4.78 is 10.4. The summed E-state index contributed by atoms with van der Waals surface area (Å²) in [5.74, 6) is 0.423. The van der Waals surface area contributed by atoms with Gasteiger partial charge in [-0.2, -0.15) is 0 Å². The van der Waals surface area contributed by atoms with Gasteiger partial charge in [-0.1, -0.05) is 19.3 Å². The van der Waals surface area contributed by atoms with Gasteiger partial charge < -0.3 is 14.8 Å². The third-order valence-electron chi connectivity index (χ3n) is 5.19. The van der Waals surface area contributed by atoms with Gasteiger partial charge in [-0.3, -0.25) is 14.5 Å². The summed E-state index contributed by atoms with van der Waals surface area (Å²) in [6.07, 6.45) is 5.19. The number of methoxy groups -OCH3 is 2. The predicted molar refractivity (Wildman–Crippen MR) is 94.5 cm³/mol. The van der Waals surface area contributed by atoms with Gasteiger partial charge in [0, 0.05) is 6.07 Å². The molecule has 1 aromatic rings. The molecule has 1 saturated carbocycles. The van der Waals surface area contributed by atoms with E-state index in [1.54, 1.807) is 18.2 Å². The number of benzene rings is 1. The number of rotatable bonds is 6. The zero-order valence-electron chi connectivity index (χ0n) is 15.1. The first-order chi connectivity index (χ1) is 12.5. The van der Waals surface area contributed by atoms with Crippen molar-refractivity contribution in [3.05, 3.63) is 23.8 Å². The van der Waals surface area contributed by atoms with Gasteiger partial charge in [0.2, 0.25) is 0 Å². The number of ketones is 1. The number of carbonyl (C=O) groups excluding carboxylic acids is 3. The molecule has 26 heavy (non-hydrogen) atoms. The number of imide groups is 1. The molecule has 1 atom stereocenters. The summed E-state index contributed by atoms with van der Waals surface area (Å²) in [4.78, 5) is 38.6. The van der Waals surface area contributed by atoms with E-state index in [0.29, 0.717) is 17.1 Å². The first kappa shape index (κ1) is 18.2. The number of carbonyl (C=O) groups is 3. The molecule has 2 fully saturated rings. The van der Waals surface area contributed by atoms with Crippen LogP contribution >= 0.6 is 0 Å². The van der Waals surface area contributed by atoms with Crippen molar-refractivity contribution in [2.45, 2.75) is 38.1 Å². The molecule has 1 saturated heterocycles. The molecule has 0 bridgehead atoms. The maximum absolute atomic E-state index is 12.7. The molecular formula is C19H24N2O5. The van der Waals surface area contributed by atoms with Crippen LogP contribution in [0.25, 0.3) is 0 Å². The topological polar surface area (TPSA) is 84.9 Å². The molecular weight excluding hydrogens is 336 g/mol. The van der Waals surface area contributed by atoms with E-state index in [4.69, 9.17) is 9.47 Å². The van der Waals surface area contributed by atoms with Crippen molar-refractivity contribution in [3.63, 3.8) is 0 Å². The lowest BCUT2D eigenvalue weighted by molar-refractivity contribution is -0.128. The molecule has 2 aliphatic rings. The monoisotopic (exact) mass is 360 g/mol. The zero-order valence-corrected chi connectivity index (χ0v) is 15.1. The maximum atomic E-state index is 12.7. The van der Waals surface area contributed by atoms with Crippen LogP contribution in [0.2, 0.25) is 0 Å². The summed E-state index contributed by atoms with van der Waals surface area (Å²) >= 11 is 0. The van der Waals surface area contributed by atoms with Crippen molar-refractivity contribution >= 4 is 17.7 Å². The second-order valence-electron chi connectivity index (χ2n) is 6.74. The molecule has 0 spiro atoms. The number of urea groups is 1. The third-order valence-corrected chi connectivity index (χ3v) is 5.19. The van der Waals surface area contributed by atoms with E-state index in [2.05, 4.69) is 5.32 Å². The van der Waals surface area contributed by atoms with Crippen molar-refractivity contribution in [1.29, 1.82) is 0 Å². The fourth-order valence-electron chi connectivity index (χ4n) is 3.74. The molecule has 0 unspecified atom stereocenters. The van der Waals surface area contributed by atoms with E-state index in [1.807, 2.05) is 0 Å². The highest BCUT2D eigenvalue weighted by molar-refractivity contribution is 6.10. The average Bonchev–Trinajstić information content (AvgIpc) is 2.96. The Hall–Kier alpha value is -2.57. The Morgan fingerprint density at radius 3 is 2.54 bits per heavy atom. The lowest BCUT2D eigenvalue weighted by atomic mass is 9.84. The fraction of sp³-hybridized carbons (Fsp3) is 0.526. The number of hydrogen-bond acceptors (Lipinski definition) is 5. The summed E-state index contributed by atoms with van der Waals surface area (Å²) in [5.41, 5.74) is 0.315. The standard InChI is InChI=1S/C19H24N2O5/c1-25-13-8-9-14(16(10-13)26-2)15(22)11-21-18(23)17(20-19(21)24)12-6-4-3-5-7-12/h8-10,12,17H,3-7,11H2,1-2H3,(H,20,24)/t17-/m1/s1. The van der Waals surface area contributed by atoms with Crippen LogP contribution in [-0.4, -0.2) is 49.4 Å². The summed E-state index contributed by atoms with van der Waals surface area (Å²) in [5, 5.41) is 2.76. The lowest BCUT2D eigenvalue weighted by Gasteiger charge is -2.25.